The molecule has 0 N–H and O–H groups in total. The Morgan fingerprint density at radius 3 is 1.13 bits per heavy atom. The topological polar surface area (TPSA) is 71.6 Å². The van der Waals surface area contributed by atoms with Gasteiger partial charge in [0.15, 0.2) is 0 Å². The van der Waals surface area contributed by atoms with Gasteiger partial charge in [0.05, 0.1) is 62.1 Å². The fourth-order valence-electron chi connectivity index (χ4n) is 7.26. The maximum atomic E-state index is 14.3. The Morgan fingerprint density at radius 2 is 0.811 bits per heavy atom. The van der Waals surface area contributed by atoms with Crippen LogP contribution in [-0.2, 0) is 45.3 Å². The third kappa shape index (κ3) is 5.74. The Labute approximate surface area is 314 Å². The molecule has 2 aliphatic heterocycles. The van der Waals surface area contributed by atoms with Gasteiger partial charge in [-0.25, -0.2) is 37.0 Å². The normalized spacial score (nSPS) is 12.0. The van der Waals surface area contributed by atoms with E-state index in [-0.39, 0.29) is 28.7 Å². The van der Waals surface area contributed by atoms with E-state index in [1.165, 1.54) is 24.3 Å². The molecule has 0 atom stereocenters. The van der Waals surface area contributed by atoms with Crippen LogP contribution in [0.4, 0.5) is 8.78 Å². The average Bonchev–Trinajstić information content (AvgIpc) is 4.00. The van der Waals surface area contributed by atoms with Crippen molar-refractivity contribution >= 4 is 46.4 Å². The van der Waals surface area contributed by atoms with Gasteiger partial charge in [-0.2, -0.15) is 0 Å². The number of hydrogen-bond acceptors (Lipinski definition) is 2. The predicted molar refractivity (Wildman–Crippen MR) is 199 cm³/mol. The number of hydrogen-bond donors (Lipinski definition) is 0. The van der Waals surface area contributed by atoms with Crippen LogP contribution in [0.25, 0.3) is 91.4 Å². The fraction of sp³-hybridized carbons (Fsp3) is 0.0952. The number of aryl methyl sites for hydroxylation is 4. The minimum absolute atomic E-state index is 0. The van der Waals surface area contributed by atoms with Crippen molar-refractivity contribution in [2.24, 2.45) is 28.2 Å². The molecular formula is C42H32F2MnN8+3. The molecule has 2 aliphatic rings. The molecule has 0 radical (unpaired) electrons. The second-order valence-corrected chi connectivity index (χ2v) is 13.1. The molecule has 0 aliphatic carbocycles. The molecule has 0 amide bonds. The van der Waals surface area contributed by atoms with Gasteiger partial charge in [-0.15, -0.1) is 22.1 Å². The van der Waals surface area contributed by atoms with E-state index in [1.807, 2.05) is 120 Å². The standard InChI is InChI=1S/C42H32F2N8.Mn/c1-49-21-22-50(2)41(49)39-33-17-13-29(45-33)37(25-5-9-27(43)10-6-25)31-15-19-35(47-31)40(42-51(3)23-24-52(42)4)36-20-16-32(48-36)38(30-14-18-34(39)46-30)26-7-11-28(44)12-8-26;/h5-24H,1-4H3;/q;+3. The van der Waals surface area contributed by atoms with E-state index in [9.17, 15) is 8.78 Å². The summed E-state index contributed by atoms with van der Waals surface area (Å²) in [6.07, 6.45) is 15.9. The van der Waals surface area contributed by atoms with Crippen LogP contribution < -0.4 is 19.1 Å². The second kappa shape index (κ2) is 13.1. The van der Waals surface area contributed by atoms with Crippen molar-refractivity contribution in [1.29, 1.82) is 0 Å². The smallest absolute Gasteiger partial charge is 0.656 e. The second-order valence-electron chi connectivity index (χ2n) is 13.1. The van der Waals surface area contributed by atoms with Crippen molar-refractivity contribution in [2.75, 3.05) is 0 Å². The molecule has 7 heterocycles. The van der Waals surface area contributed by atoms with Crippen molar-refractivity contribution in [1.82, 2.24) is 29.1 Å². The molecule has 2 aromatic carbocycles. The number of benzene rings is 2. The van der Waals surface area contributed by atoms with E-state index < -0.39 is 0 Å². The van der Waals surface area contributed by atoms with Gasteiger partial charge >= 0.3 is 17.1 Å². The maximum absolute atomic E-state index is 14.3. The Bertz CT molecular complexity index is 2570. The number of nitrogens with zero attached hydrogens (tertiary/aromatic N) is 8. The summed E-state index contributed by atoms with van der Waals surface area (Å²) >= 11 is 0. The first kappa shape index (κ1) is 34.0. The van der Waals surface area contributed by atoms with Crippen molar-refractivity contribution in [2.45, 2.75) is 0 Å². The van der Waals surface area contributed by atoms with E-state index >= 15 is 0 Å². The molecule has 7 aromatic rings. The SMILES string of the molecule is Cn1cc[n+](C)c1-c1c2nc(c(-c3ccc(F)cc3)c3ccc([n-]3)c(-c3n(C)cc[n+]3C)c3nc(c(-c4ccc(F)cc4)c4ccc1[n-]4)C=C3)C=C2.[Mn+3]. The van der Waals surface area contributed by atoms with Crippen LogP contribution in [-0.4, -0.2) is 19.1 Å². The summed E-state index contributed by atoms with van der Waals surface area (Å²) in [5, 5.41) is 0. The Morgan fingerprint density at radius 1 is 0.491 bits per heavy atom. The Balaban J connectivity index is 0.00000400. The number of halogens is 2. The first-order valence-corrected chi connectivity index (χ1v) is 16.8. The zero-order valence-corrected chi connectivity index (χ0v) is 30.4. The van der Waals surface area contributed by atoms with E-state index in [4.69, 9.17) is 19.9 Å². The van der Waals surface area contributed by atoms with E-state index in [1.54, 1.807) is 24.3 Å². The van der Waals surface area contributed by atoms with Crippen LogP contribution in [0.1, 0.15) is 22.8 Å². The van der Waals surface area contributed by atoms with Gasteiger partial charge in [-0.05, 0) is 70.8 Å². The van der Waals surface area contributed by atoms with E-state index in [0.29, 0.717) is 22.4 Å². The molecule has 258 valence electrons. The summed E-state index contributed by atoms with van der Waals surface area (Å²) in [5.41, 5.74) is 10.4. The molecule has 0 unspecified atom stereocenters. The average molecular weight is 742 g/mol. The molecule has 8 bridgehead atoms. The third-order valence-corrected chi connectivity index (χ3v) is 9.69. The fourth-order valence-corrected chi connectivity index (χ4v) is 7.26. The molecular weight excluding hydrogens is 709 g/mol. The van der Waals surface area contributed by atoms with Crippen LogP contribution in [0.3, 0.4) is 0 Å². The summed E-state index contributed by atoms with van der Waals surface area (Å²) in [6.45, 7) is 0. The molecule has 0 saturated heterocycles. The zero-order chi connectivity index (χ0) is 35.7. The van der Waals surface area contributed by atoms with Crippen LogP contribution in [0.5, 0.6) is 0 Å². The van der Waals surface area contributed by atoms with Gasteiger partial charge in [0.2, 0.25) is 0 Å². The van der Waals surface area contributed by atoms with E-state index in [2.05, 4.69) is 0 Å². The van der Waals surface area contributed by atoms with Gasteiger partial charge in [0, 0.05) is 0 Å². The molecule has 8 nitrogen and oxygen atoms in total. The van der Waals surface area contributed by atoms with Gasteiger partial charge in [-0.3, -0.25) is 0 Å². The van der Waals surface area contributed by atoms with Gasteiger partial charge in [0.25, 0.3) is 11.6 Å². The Hall–Kier alpha value is -6.16. The van der Waals surface area contributed by atoms with Gasteiger partial charge in [-0.1, -0.05) is 48.5 Å². The summed E-state index contributed by atoms with van der Waals surface area (Å²) in [6, 6.07) is 20.8. The first-order chi connectivity index (χ1) is 25.2. The van der Waals surface area contributed by atoms with Crippen LogP contribution in [0.2, 0.25) is 0 Å². The van der Waals surface area contributed by atoms with Crippen LogP contribution in [0, 0.1) is 11.6 Å². The minimum Gasteiger partial charge on any atom is -0.656 e. The minimum atomic E-state index is -0.323. The maximum Gasteiger partial charge on any atom is 3.00 e. The number of rotatable bonds is 4. The molecule has 5 aromatic heterocycles. The molecule has 0 fully saturated rings. The van der Waals surface area contributed by atoms with Gasteiger partial charge < -0.3 is 9.97 Å². The van der Waals surface area contributed by atoms with Gasteiger partial charge in [0.1, 0.15) is 36.4 Å². The number of imidazole rings is 2. The quantitative estimate of drug-likeness (QED) is 0.142. The zero-order valence-electron chi connectivity index (χ0n) is 29.3. The van der Waals surface area contributed by atoms with Crippen LogP contribution >= 0.6 is 0 Å². The molecule has 53 heavy (non-hydrogen) atoms. The summed E-state index contributed by atoms with van der Waals surface area (Å²) < 4.78 is 36.7. The van der Waals surface area contributed by atoms with Crippen molar-refractivity contribution in [3.05, 3.63) is 132 Å². The number of aromatic nitrogens is 8. The van der Waals surface area contributed by atoms with Crippen LogP contribution in [0.15, 0.2) is 97.6 Å². The summed E-state index contributed by atoms with van der Waals surface area (Å²) in [7, 11) is 7.97. The third-order valence-electron chi connectivity index (χ3n) is 9.69. The predicted octanol–water partition coefficient (Wildman–Crippen LogP) is 7.18. The first-order valence-electron chi connectivity index (χ1n) is 16.8. The molecule has 0 saturated carbocycles. The molecule has 11 heteroatoms. The van der Waals surface area contributed by atoms with E-state index in [0.717, 1.165) is 67.5 Å². The van der Waals surface area contributed by atoms with Crippen molar-refractivity contribution in [3.63, 3.8) is 0 Å². The van der Waals surface area contributed by atoms with Crippen molar-refractivity contribution < 1.29 is 35.0 Å². The largest absolute Gasteiger partial charge is 3.00 e. The Kier molecular flexibility index (Phi) is 8.40. The monoisotopic (exact) mass is 741 g/mol. The number of fused-ring (bicyclic) bond motifs is 8. The molecule has 0 spiro atoms. The summed E-state index contributed by atoms with van der Waals surface area (Å²) in [5.74, 6) is 1.16. The van der Waals surface area contributed by atoms with Crippen molar-refractivity contribution in [3.8, 4) is 45.0 Å². The molecule has 9 rings (SSSR count). The summed E-state index contributed by atoms with van der Waals surface area (Å²) in [4.78, 5) is 21.0.